The smallest absolute Gasteiger partial charge is 0.269 e. The number of anilines is 1. The molecule has 0 amide bonds. The third kappa shape index (κ3) is 2.67. The van der Waals surface area contributed by atoms with Gasteiger partial charge in [0, 0.05) is 17.8 Å². The van der Waals surface area contributed by atoms with E-state index in [4.69, 9.17) is 5.73 Å². The van der Waals surface area contributed by atoms with E-state index in [-0.39, 0.29) is 5.69 Å². The fourth-order valence-electron chi connectivity index (χ4n) is 2.46. The molecule has 22 heavy (non-hydrogen) atoms. The second-order valence-corrected chi connectivity index (χ2v) is 4.98. The molecule has 4 heteroatoms. The Bertz CT molecular complexity index is 827. The van der Waals surface area contributed by atoms with Crippen LogP contribution in [0.2, 0.25) is 0 Å². The maximum Gasteiger partial charge on any atom is 0.269 e. The molecule has 0 aliphatic heterocycles. The highest BCUT2D eigenvalue weighted by Gasteiger charge is 2.09. The molecule has 4 nitrogen and oxygen atoms in total. The summed E-state index contributed by atoms with van der Waals surface area (Å²) in [5.74, 6) is 0. The van der Waals surface area contributed by atoms with Gasteiger partial charge in [-0.3, -0.25) is 10.1 Å². The molecule has 0 saturated heterocycles. The van der Waals surface area contributed by atoms with Crippen molar-refractivity contribution in [2.45, 2.75) is 0 Å². The highest BCUT2D eigenvalue weighted by molar-refractivity contribution is 5.84. The van der Waals surface area contributed by atoms with Gasteiger partial charge in [-0.1, -0.05) is 36.4 Å². The summed E-state index contributed by atoms with van der Waals surface area (Å²) < 4.78 is 0. The molecular formula is C18H14N2O2. The van der Waals surface area contributed by atoms with E-state index in [0.29, 0.717) is 5.69 Å². The first-order valence-corrected chi connectivity index (χ1v) is 6.85. The highest BCUT2D eigenvalue weighted by atomic mass is 16.6. The number of nitrogen functional groups attached to an aromatic ring is 1. The van der Waals surface area contributed by atoms with Crippen LogP contribution in [-0.2, 0) is 0 Å². The Hall–Kier alpha value is -3.14. The zero-order chi connectivity index (χ0) is 15.5. The summed E-state index contributed by atoms with van der Waals surface area (Å²) >= 11 is 0. The monoisotopic (exact) mass is 290 g/mol. The number of nitro groups is 1. The Morgan fingerprint density at radius 1 is 0.773 bits per heavy atom. The van der Waals surface area contributed by atoms with Gasteiger partial charge in [0.05, 0.1) is 4.92 Å². The maximum absolute atomic E-state index is 10.8. The van der Waals surface area contributed by atoms with Crippen LogP contribution in [0.15, 0.2) is 72.8 Å². The summed E-state index contributed by atoms with van der Waals surface area (Å²) in [4.78, 5) is 10.4. The van der Waals surface area contributed by atoms with E-state index < -0.39 is 4.92 Å². The Balaban J connectivity index is 2.10. The van der Waals surface area contributed by atoms with Crippen molar-refractivity contribution < 1.29 is 4.92 Å². The Kier molecular flexibility index (Phi) is 3.58. The first-order valence-electron chi connectivity index (χ1n) is 6.85. The number of non-ortho nitro benzene ring substituents is 1. The van der Waals surface area contributed by atoms with E-state index in [9.17, 15) is 10.1 Å². The number of hydrogen-bond acceptors (Lipinski definition) is 3. The van der Waals surface area contributed by atoms with Crippen molar-refractivity contribution in [1.29, 1.82) is 0 Å². The van der Waals surface area contributed by atoms with E-state index in [1.807, 2.05) is 48.5 Å². The third-order valence-electron chi connectivity index (χ3n) is 3.51. The number of nitrogens with two attached hydrogens (primary N) is 1. The fraction of sp³-hybridized carbons (Fsp3) is 0. The molecule has 0 bridgehead atoms. The largest absolute Gasteiger partial charge is 0.399 e. The number of benzene rings is 3. The van der Waals surface area contributed by atoms with Gasteiger partial charge in [-0.05, 0) is 46.5 Å². The molecule has 2 N–H and O–H groups in total. The van der Waals surface area contributed by atoms with Gasteiger partial charge in [0.1, 0.15) is 0 Å². The normalized spacial score (nSPS) is 10.4. The van der Waals surface area contributed by atoms with Crippen molar-refractivity contribution in [1.82, 2.24) is 0 Å². The van der Waals surface area contributed by atoms with E-state index in [1.165, 1.54) is 12.1 Å². The van der Waals surface area contributed by atoms with Crippen LogP contribution in [0.3, 0.4) is 0 Å². The van der Waals surface area contributed by atoms with Crippen molar-refractivity contribution >= 4 is 11.4 Å². The zero-order valence-corrected chi connectivity index (χ0v) is 11.8. The molecule has 0 radical (unpaired) electrons. The quantitative estimate of drug-likeness (QED) is 0.438. The van der Waals surface area contributed by atoms with Crippen LogP contribution in [0.25, 0.3) is 22.3 Å². The Morgan fingerprint density at radius 2 is 1.41 bits per heavy atom. The van der Waals surface area contributed by atoms with Crippen LogP contribution in [0.5, 0.6) is 0 Å². The first kappa shape index (κ1) is 13.8. The molecule has 108 valence electrons. The van der Waals surface area contributed by atoms with Crippen molar-refractivity contribution in [2.75, 3.05) is 5.73 Å². The van der Waals surface area contributed by atoms with Crippen molar-refractivity contribution in [3.8, 4) is 22.3 Å². The number of nitro benzene ring substituents is 1. The fourth-order valence-corrected chi connectivity index (χ4v) is 2.46. The van der Waals surface area contributed by atoms with Crippen LogP contribution in [0, 0.1) is 10.1 Å². The maximum atomic E-state index is 10.8. The lowest BCUT2D eigenvalue weighted by Crippen LogP contribution is -1.89. The van der Waals surface area contributed by atoms with Crippen LogP contribution in [0.4, 0.5) is 11.4 Å². The van der Waals surface area contributed by atoms with Gasteiger partial charge in [0.15, 0.2) is 0 Å². The van der Waals surface area contributed by atoms with Crippen molar-refractivity contribution in [2.24, 2.45) is 0 Å². The molecule has 0 heterocycles. The summed E-state index contributed by atoms with van der Waals surface area (Å²) in [7, 11) is 0. The second kappa shape index (κ2) is 5.69. The van der Waals surface area contributed by atoms with Crippen LogP contribution in [0.1, 0.15) is 0 Å². The van der Waals surface area contributed by atoms with Gasteiger partial charge < -0.3 is 5.73 Å². The van der Waals surface area contributed by atoms with Gasteiger partial charge in [0.25, 0.3) is 5.69 Å². The summed E-state index contributed by atoms with van der Waals surface area (Å²) in [6.07, 6.45) is 0. The minimum Gasteiger partial charge on any atom is -0.399 e. The number of nitrogens with zero attached hydrogens (tertiary/aromatic N) is 1. The molecule has 0 unspecified atom stereocenters. The zero-order valence-electron chi connectivity index (χ0n) is 11.8. The van der Waals surface area contributed by atoms with Gasteiger partial charge in [-0.15, -0.1) is 0 Å². The lowest BCUT2D eigenvalue weighted by atomic mass is 9.94. The lowest BCUT2D eigenvalue weighted by molar-refractivity contribution is -0.384. The topological polar surface area (TPSA) is 69.2 Å². The van der Waals surface area contributed by atoms with Crippen molar-refractivity contribution in [3.63, 3.8) is 0 Å². The number of hydrogen-bond donors (Lipinski definition) is 1. The van der Waals surface area contributed by atoms with Gasteiger partial charge in [-0.2, -0.15) is 0 Å². The summed E-state index contributed by atoms with van der Waals surface area (Å²) in [5, 5.41) is 10.8. The first-order chi connectivity index (χ1) is 10.6. The molecule has 0 aromatic heterocycles. The molecular weight excluding hydrogens is 276 g/mol. The third-order valence-corrected chi connectivity index (χ3v) is 3.51. The SMILES string of the molecule is Nc1cccc(-c2ccccc2-c2ccc([N+](=O)[O-])cc2)c1. The standard InChI is InChI=1S/C18H14N2O2/c19-15-5-3-4-14(12-15)18-7-2-1-6-17(18)13-8-10-16(11-9-13)20(21)22/h1-12H,19H2. The van der Waals surface area contributed by atoms with E-state index in [1.54, 1.807) is 12.1 Å². The predicted octanol–water partition coefficient (Wildman–Crippen LogP) is 4.51. The van der Waals surface area contributed by atoms with E-state index in [0.717, 1.165) is 22.3 Å². The van der Waals surface area contributed by atoms with Gasteiger partial charge in [-0.25, -0.2) is 0 Å². The Morgan fingerprint density at radius 3 is 2.00 bits per heavy atom. The number of rotatable bonds is 3. The molecule has 0 aliphatic rings. The van der Waals surface area contributed by atoms with Gasteiger partial charge >= 0.3 is 0 Å². The second-order valence-electron chi connectivity index (χ2n) is 4.98. The van der Waals surface area contributed by atoms with E-state index in [2.05, 4.69) is 0 Å². The predicted molar refractivity (Wildman–Crippen MR) is 88.4 cm³/mol. The Labute approximate surface area is 128 Å². The average Bonchev–Trinajstić information content (AvgIpc) is 2.55. The summed E-state index contributed by atoms with van der Waals surface area (Å²) in [6.45, 7) is 0. The molecule has 0 atom stereocenters. The lowest BCUT2D eigenvalue weighted by Gasteiger charge is -2.10. The van der Waals surface area contributed by atoms with Crippen molar-refractivity contribution in [3.05, 3.63) is 82.9 Å². The van der Waals surface area contributed by atoms with Crippen LogP contribution in [-0.4, -0.2) is 4.92 Å². The summed E-state index contributed by atoms with van der Waals surface area (Å²) in [5.41, 5.74) is 10.7. The van der Waals surface area contributed by atoms with Crippen LogP contribution < -0.4 is 5.73 Å². The minimum atomic E-state index is -0.395. The van der Waals surface area contributed by atoms with Crippen LogP contribution >= 0.6 is 0 Å². The molecule has 0 aliphatic carbocycles. The highest BCUT2D eigenvalue weighted by Crippen LogP contribution is 2.33. The van der Waals surface area contributed by atoms with E-state index >= 15 is 0 Å². The molecule has 0 spiro atoms. The molecule has 0 fully saturated rings. The molecule has 3 rings (SSSR count). The molecule has 3 aromatic carbocycles. The molecule has 3 aromatic rings. The molecule has 0 saturated carbocycles. The average molecular weight is 290 g/mol. The van der Waals surface area contributed by atoms with Gasteiger partial charge in [0.2, 0.25) is 0 Å². The summed E-state index contributed by atoms with van der Waals surface area (Å²) in [6, 6.07) is 22.2. The minimum absolute atomic E-state index is 0.0881.